The van der Waals surface area contributed by atoms with E-state index in [2.05, 4.69) is 10.3 Å². The van der Waals surface area contributed by atoms with Gasteiger partial charge in [0.05, 0.1) is 35.6 Å². The van der Waals surface area contributed by atoms with E-state index in [-0.39, 0.29) is 17.7 Å². The van der Waals surface area contributed by atoms with E-state index in [0.29, 0.717) is 11.6 Å². The topological polar surface area (TPSA) is 94.1 Å². The zero-order valence-corrected chi connectivity index (χ0v) is 15.1. The molecule has 3 N–H and O–H groups in total. The molecule has 0 bridgehead atoms. The summed E-state index contributed by atoms with van der Waals surface area (Å²) in [7, 11) is 0. The molecule has 1 aromatic heterocycles. The van der Waals surface area contributed by atoms with Crippen molar-refractivity contribution >= 4 is 16.7 Å². The van der Waals surface area contributed by atoms with Gasteiger partial charge < -0.3 is 20.1 Å². The van der Waals surface area contributed by atoms with Crippen molar-refractivity contribution in [3.8, 4) is 6.07 Å². The molecular formula is C19H16F4N4O2. The predicted molar refractivity (Wildman–Crippen MR) is 96.1 cm³/mol. The fourth-order valence-electron chi connectivity index (χ4n) is 2.89. The van der Waals surface area contributed by atoms with E-state index >= 15 is 0 Å². The molecule has 0 aliphatic rings. The molecule has 0 radical (unpaired) electrons. The maximum absolute atomic E-state index is 13.8. The first-order valence-electron chi connectivity index (χ1n) is 8.40. The Balaban J connectivity index is 1.83. The van der Waals surface area contributed by atoms with Crippen LogP contribution in [0.25, 0.3) is 11.0 Å². The number of nitrogens with zero attached hydrogens (tertiary/aromatic N) is 3. The SMILES string of the molecule is C[C@](O)(Cn1cnc2c(F)cccc21)C(O)Nc1ccc(C#N)c(C(F)(F)F)c1. The molecule has 0 fully saturated rings. The Hall–Kier alpha value is -3.16. The van der Waals surface area contributed by atoms with Crippen molar-refractivity contribution in [1.29, 1.82) is 5.26 Å². The van der Waals surface area contributed by atoms with Gasteiger partial charge in [-0.15, -0.1) is 0 Å². The van der Waals surface area contributed by atoms with Gasteiger partial charge in [-0.25, -0.2) is 9.37 Å². The number of nitrogens with one attached hydrogen (secondary N) is 1. The van der Waals surface area contributed by atoms with Crippen molar-refractivity contribution in [1.82, 2.24) is 9.55 Å². The van der Waals surface area contributed by atoms with Gasteiger partial charge in [0.2, 0.25) is 0 Å². The number of nitriles is 1. The van der Waals surface area contributed by atoms with Crippen LogP contribution in [0, 0.1) is 17.1 Å². The van der Waals surface area contributed by atoms with Crippen LogP contribution in [-0.2, 0) is 12.7 Å². The molecule has 2 aromatic carbocycles. The summed E-state index contributed by atoms with van der Waals surface area (Å²) in [6, 6.07) is 8.59. The number of hydrogen-bond donors (Lipinski definition) is 3. The average molecular weight is 408 g/mol. The molecule has 152 valence electrons. The van der Waals surface area contributed by atoms with E-state index in [1.165, 1.54) is 42.1 Å². The van der Waals surface area contributed by atoms with Crippen molar-refractivity contribution in [3.63, 3.8) is 0 Å². The number of hydrogen-bond acceptors (Lipinski definition) is 5. The first kappa shape index (κ1) is 20.6. The van der Waals surface area contributed by atoms with Gasteiger partial charge in [0.15, 0.2) is 12.0 Å². The zero-order valence-electron chi connectivity index (χ0n) is 15.1. The Morgan fingerprint density at radius 1 is 1.28 bits per heavy atom. The van der Waals surface area contributed by atoms with Crippen LogP contribution in [0.1, 0.15) is 18.1 Å². The standard InChI is InChI=1S/C19H16F4N4O2/c1-18(29,9-27-10-25-16-14(20)3-2-4-15(16)27)17(28)26-12-6-5-11(8-24)13(7-12)19(21,22)23/h2-7,10,17,26,28-29H,9H2,1H3/t17?,18-/m0/s1. The molecule has 29 heavy (non-hydrogen) atoms. The van der Waals surface area contributed by atoms with E-state index in [1.807, 2.05) is 0 Å². The molecule has 3 aromatic rings. The highest BCUT2D eigenvalue weighted by molar-refractivity contribution is 5.75. The second-order valence-corrected chi connectivity index (χ2v) is 6.75. The number of benzene rings is 2. The number of aromatic nitrogens is 2. The van der Waals surface area contributed by atoms with Gasteiger partial charge in [-0.3, -0.25) is 0 Å². The Morgan fingerprint density at radius 3 is 2.66 bits per heavy atom. The van der Waals surface area contributed by atoms with Crippen molar-refractivity contribution in [2.75, 3.05) is 5.32 Å². The Morgan fingerprint density at radius 2 is 2.00 bits per heavy atom. The summed E-state index contributed by atoms with van der Waals surface area (Å²) >= 11 is 0. The summed E-state index contributed by atoms with van der Waals surface area (Å²) in [6.45, 7) is 1.05. The van der Waals surface area contributed by atoms with E-state index in [1.54, 1.807) is 6.07 Å². The largest absolute Gasteiger partial charge is 0.417 e. The molecule has 10 heteroatoms. The third-order valence-corrected chi connectivity index (χ3v) is 4.43. The van der Waals surface area contributed by atoms with Gasteiger partial charge in [-0.2, -0.15) is 18.4 Å². The molecular weight excluding hydrogens is 392 g/mol. The number of anilines is 1. The molecule has 3 rings (SSSR count). The molecule has 1 unspecified atom stereocenters. The highest BCUT2D eigenvalue weighted by Gasteiger charge is 2.35. The Kier molecular flexibility index (Phi) is 5.21. The smallest absolute Gasteiger partial charge is 0.384 e. The number of halogens is 4. The molecule has 0 saturated heterocycles. The molecule has 0 saturated carbocycles. The summed E-state index contributed by atoms with van der Waals surface area (Å²) < 4.78 is 54.4. The number of aliphatic hydroxyl groups is 2. The molecule has 0 aliphatic carbocycles. The first-order chi connectivity index (χ1) is 13.5. The quantitative estimate of drug-likeness (QED) is 0.445. The minimum Gasteiger partial charge on any atom is -0.384 e. The van der Waals surface area contributed by atoms with Crippen LogP contribution in [0.15, 0.2) is 42.7 Å². The number of aliphatic hydroxyl groups excluding tert-OH is 1. The molecule has 0 amide bonds. The summed E-state index contributed by atoms with van der Waals surface area (Å²) in [5, 5.41) is 32.3. The van der Waals surface area contributed by atoms with Crippen LogP contribution in [0.2, 0.25) is 0 Å². The average Bonchev–Trinajstić information content (AvgIpc) is 3.04. The third kappa shape index (κ3) is 4.16. The third-order valence-electron chi connectivity index (χ3n) is 4.43. The maximum atomic E-state index is 13.8. The second kappa shape index (κ2) is 7.35. The summed E-state index contributed by atoms with van der Waals surface area (Å²) in [4.78, 5) is 3.92. The number of fused-ring (bicyclic) bond motifs is 1. The van der Waals surface area contributed by atoms with Crippen molar-refractivity contribution in [3.05, 3.63) is 59.7 Å². The number of para-hydroxylation sites is 1. The lowest BCUT2D eigenvalue weighted by Crippen LogP contribution is -2.47. The number of alkyl halides is 3. The van der Waals surface area contributed by atoms with Crippen LogP contribution in [0.5, 0.6) is 0 Å². The fourth-order valence-corrected chi connectivity index (χ4v) is 2.89. The van der Waals surface area contributed by atoms with Crippen LogP contribution in [0.4, 0.5) is 23.2 Å². The van der Waals surface area contributed by atoms with Gasteiger partial charge in [0, 0.05) is 5.69 Å². The van der Waals surface area contributed by atoms with Crippen LogP contribution >= 0.6 is 0 Å². The van der Waals surface area contributed by atoms with Crippen LogP contribution in [0.3, 0.4) is 0 Å². The molecule has 2 atom stereocenters. The van der Waals surface area contributed by atoms with Gasteiger partial charge in [-0.1, -0.05) is 6.07 Å². The summed E-state index contributed by atoms with van der Waals surface area (Å²) in [5.74, 6) is -0.545. The molecule has 0 aliphatic heterocycles. The highest BCUT2D eigenvalue weighted by atomic mass is 19.4. The summed E-state index contributed by atoms with van der Waals surface area (Å²) in [5.41, 5.74) is -3.23. The second-order valence-electron chi connectivity index (χ2n) is 6.75. The van der Waals surface area contributed by atoms with Crippen LogP contribution in [-0.4, -0.2) is 31.6 Å². The number of imidazole rings is 1. The fraction of sp³-hybridized carbons (Fsp3) is 0.263. The molecule has 6 nitrogen and oxygen atoms in total. The molecule has 1 heterocycles. The Bertz CT molecular complexity index is 1090. The number of rotatable bonds is 5. The van der Waals surface area contributed by atoms with E-state index in [4.69, 9.17) is 5.26 Å². The normalized spacial score (nSPS) is 15.0. The lowest BCUT2D eigenvalue weighted by Gasteiger charge is -2.31. The maximum Gasteiger partial charge on any atom is 0.417 e. The van der Waals surface area contributed by atoms with E-state index in [9.17, 15) is 27.8 Å². The minimum absolute atomic E-state index is 0.0904. The van der Waals surface area contributed by atoms with E-state index < -0.39 is 34.9 Å². The summed E-state index contributed by atoms with van der Waals surface area (Å²) in [6.07, 6.45) is -5.14. The minimum atomic E-state index is -4.75. The van der Waals surface area contributed by atoms with Crippen molar-refractivity contribution in [2.24, 2.45) is 0 Å². The lowest BCUT2D eigenvalue weighted by atomic mass is 10.0. The monoisotopic (exact) mass is 408 g/mol. The molecule has 0 spiro atoms. The predicted octanol–water partition coefficient (Wildman–Crippen LogP) is 3.25. The Labute approximate surface area is 162 Å². The van der Waals surface area contributed by atoms with Gasteiger partial charge in [0.1, 0.15) is 11.1 Å². The van der Waals surface area contributed by atoms with Gasteiger partial charge in [0.25, 0.3) is 0 Å². The van der Waals surface area contributed by atoms with Crippen LogP contribution < -0.4 is 5.32 Å². The highest BCUT2D eigenvalue weighted by Crippen LogP contribution is 2.34. The lowest BCUT2D eigenvalue weighted by molar-refractivity contribution is -0.137. The van der Waals surface area contributed by atoms with Crippen molar-refractivity contribution in [2.45, 2.75) is 31.5 Å². The van der Waals surface area contributed by atoms with E-state index in [0.717, 1.165) is 6.07 Å². The zero-order chi connectivity index (χ0) is 21.4. The van der Waals surface area contributed by atoms with Crippen molar-refractivity contribution < 1.29 is 27.8 Å². The first-order valence-corrected chi connectivity index (χ1v) is 8.40. The van der Waals surface area contributed by atoms with Gasteiger partial charge >= 0.3 is 6.18 Å². The van der Waals surface area contributed by atoms with Gasteiger partial charge in [-0.05, 0) is 37.3 Å².